The normalized spacial score (nSPS) is 15.0. The zero-order valence-corrected chi connectivity index (χ0v) is 19.8. The van der Waals surface area contributed by atoms with Crippen molar-refractivity contribution in [2.75, 3.05) is 25.0 Å². The van der Waals surface area contributed by atoms with E-state index in [1.54, 1.807) is 9.25 Å². The van der Waals surface area contributed by atoms with Gasteiger partial charge in [-0.3, -0.25) is 14.3 Å². The van der Waals surface area contributed by atoms with Gasteiger partial charge in [0.25, 0.3) is 0 Å². The summed E-state index contributed by atoms with van der Waals surface area (Å²) in [6.45, 7) is 9.15. The molecule has 1 aliphatic heterocycles. The maximum Gasteiger partial charge on any atom is 0.346 e. The third-order valence-electron chi connectivity index (χ3n) is 6.42. The molecular formula is C26H33N5O2. The highest BCUT2D eigenvalue weighted by Gasteiger charge is 2.27. The molecule has 33 heavy (non-hydrogen) atoms. The maximum absolute atomic E-state index is 12.9. The Morgan fingerprint density at radius 2 is 1.82 bits per heavy atom. The first kappa shape index (κ1) is 23.0. The zero-order chi connectivity index (χ0) is 23.4. The number of piperidine rings is 1. The van der Waals surface area contributed by atoms with Crippen LogP contribution in [0.4, 0.5) is 5.69 Å². The standard InChI is InChI=1S/C26H33N5O2/c1-4-30-25(28-31(26(30)33)17-21-8-6-5-7-9-21)22-12-14-29(15-13-22)18-24(32)27-23-11-10-19(2)16-20(23)3/h5-11,16,22H,4,12-15,17-18H2,1-3H3,(H,27,32). The third kappa shape index (κ3) is 5.42. The minimum atomic E-state index is -0.0494. The Hall–Kier alpha value is -3.19. The summed E-state index contributed by atoms with van der Waals surface area (Å²) >= 11 is 0. The van der Waals surface area contributed by atoms with Gasteiger partial charge in [0.05, 0.1) is 13.1 Å². The van der Waals surface area contributed by atoms with E-state index in [1.807, 2.05) is 63.2 Å². The van der Waals surface area contributed by atoms with Crippen molar-refractivity contribution in [3.63, 3.8) is 0 Å². The number of benzene rings is 2. The Balaban J connectivity index is 1.37. The number of likely N-dealkylation sites (tertiary alicyclic amines) is 1. The smallest absolute Gasteiger partial charge is 0.325 e. The molecule has 3 aromatic rings. The third-order valence-corrected chi connectivity index (χ3v) is 6.42. The van der Waals surface area contributed by atoms with E-state index in [9.17, 15) is 9.59 Å². The fraction of sp³-hybridized carbons (Fsp3) is 0.423. The summed E-state index contributed by atoms with van der Waals surface area (Å²) in [5.74, 6) is 1.11. The average Bonchev–Trinajstić information content (AvgIpc) is 3.12. The van der Waals surface area contributed by atoms with Gasteiger partial charge in [-0.05, 0) is 63.9 Å². The van der Waals surface area contributed by atoms with E-state index in [2.05, 4.69) is 16.3 Å². The molecule has 1 amide bonds. The van der Waals surface area contributed by atoms with E-state index in [-0.39, 0.29) is 17.5 Å². The highest BCUT2D eigenvalue weighted by molar-refractivity contribution is 5.93. The molecule has 2 heterocycles. The van der Waals surface area contributed by atoms with Crippen LogP contribution in [0, 0.1) is 13.8 Å². The molecule has 1 fully saturated rings. The summed E-state index contributed by atoms with van der Waals surface area (Å²) in [5.41, 5.74) is 4.15. The van der Waals surface area contributed by atoms with Crippen LogP contribution in [0.1, 0.15) is 48.2 Å². The fourth-order valence-corrected chi connectivity index (χ4v) is 4.61. The second-order valence-electron chi connectivity index (χ2n) is 8.95. The fourth-order valence-electron chi connectivity index (χ4n) is 4.61. The molecule has 0 radical (unpaired) electrons. The maximum atomic E-state index is 12.9. The average molecular weight is 448 g/mol. The molecule has 1 N–H and O–H groups in total. The van der Waals surface area contributed by atoms with Crippen LogP contribution in [-0.4, -0.2) is 44.8 Å². The minimum Gasteiger partial charge on any atom is -0.325 e. The van der Waals surface area contributed by atoms with E-state index < -0.39 is 0 Å². The number of aromatic nitrogens is 3. The Labute approximate surface area is 195 Å². The Morgan fingerprint density at radius 3 is 2.48 bits per heavy atom. The summed E-state index contributed by atoms with van der Waals surface area (Å²) in [6.07, 6.45) is 1.78. The molecule has 0 aliphatic carbocycles. The van der Waals surface area contributed by atoms with Gasteiger partial charge in [-0.1, -0.05) is 48.0 Å². The van der Waals surface area contributed by atoms with Crippen LogP contribution in [0.2, 0.25) is 0 Å². The van der Waals surface area contributed by atoms with Crippen molar-refractivity contribution in [1.29, 1.82) is 0 Å². The monoisotopic (exact) mass is 447 g/mol. The number of amides is 1. The van der Waals surface area contributed by atoms with Crippen LogP contribution >= 0.6 is 0 Å². The molecule has 0 saturated carbocycles. The molecule has 2 aromatic carbocycles. The summed E-state index contributed by atoms with van der Waals surface area (Å²) < 4.78 is 3.38. The van der Waals surface area contributed by atoms with Crippen molar-refractivity contribution < 1.29 is 4.79 Å². The first-order valence-electron chi connectivity index (χ1n) is 11.8. The van der Waals surface area contributed by atoms with Gasteiger partial charge in [0.15, 0.2) is 0 Å². The van der Waals surface area contributed by atoms with Crippen LogP contribution in [0.15, 0.2) is 53.3 Å². The molecule has 1 aromatic heterocycles. The minimum absolute atomic E-state index is 0.0120. The van der Waals surface area contributed by atoms with Crippen LogP contribution < -0.4 is 11.0 Å². The Kier molecular flexibility index (Phi) is 7.08. The number of anilines is 1. The SMILES string of the molecule is CCn1c(C2CCN(CC(=O)Nc3ccc(C)cc3C)CC2)nn(Cc2ccccc2)c1=O. The van der Waals surface area contributed by atoms with Gasteiger partial charge in [-0.25, -0.2) is 9.48 Å². The van der Waals surface area contributed by atoms with Crippen LogP contribution in [0.25, 0.3) is 0 Å². The lowest BCUT2D eigenvalue weighted by Gasteiger charge is -2.31. The molecule has 0 bridgehead atoms. The number of nitrogens with zero attached hydrogens (tertiary/aromatic N) is 4. The van der Waals surface area contributed by atoms with Gasteiger partial charge in [-0.2, -0.15) is 5.10 Å². The molecule has 0 unspecified atom stereocenters. The van der Waals surface area contributed by atoms with Crippen LogP contribution in [0.5, 0.6) is 0 Å². The van der Waals surface area contributed by atoms with Gasteiger partial charge in [0.1, 0.15) is 5.82 Å². The highest BCUT2D eigenvalue weighted by atomic mass is 16.2. The Bertz CT molecular complexity index is 1160. The second kappa shape index (κ2) is 10.2. The first-order chi connectivity index (χ1) is 15.9. The number of aryl methyl sites for hydroxylation is 2. The van der Waals surface area contributed by atoms with E-state index in [1.165, 1.54) is 5.56 Å². The quantitative estimate of drug-likeness (QED) is 0.601. The number of hydrogen-bond acceptors (Lipinski definition) is 4. The lowest BCUT2D eigenvalue weighted by molar-refractivity contribution is -0.117. The van der Waals surface area contributed by atoms with Crippen molar-refractivity contribution in [2.24, 2.45) is 0 Å². The van der Waals surface area contributed by atoms with Crippen molar-refractivity contribution in [1.82, 2.24) is 19.2 Å². The Morgan fingerprint density at radius 1 is 1.09 bits per heavy atom. The van der Waals surface area contributed by atoms with Crippen molar-refractivity contribution >= 4 is 11.6 Å². The summed E-state index contributed by atoms with van der Waals surface area (Å²) in [7, 11) is 0. The molecular weight excluding hydrogens is 414 g/mol. The van der Waals surface area contributed by atoms with E-state index >= 15 is 0 Å². The van der Waals surface area contributed by atoms with Gasteiger partial charge < -0.3 is 5.32 Å². The number of carbonyl (C=O) groups is 1. The zero-order valence-electron chi connectivity index (χ0n) is 19.8. The van der Waals surface area contributed by atoms with E-state index in [0.29, 0.717) is 19.6 Å². The van der Waals surface area contributed by atoms with Crippen molar-refractivity contribution in [2.45, 2.75) is 52.6 Å². The molecule has 0 atom stereocenters. The summed E-state index contributed by atoms with van der Waals surface area (Å²) in [6, 6.07) is 16.0. The van der Waals surface area contributed by atoms with Crippen LogP contribution in [-0.2, 0) is 17.9 Å². The lowest BCUT2D eigenvalue weighted by Crippen LogP contribution is -2.39. The summed E-state index contributed by atoms with van der Waals surface area (Å²) in [5, 5.41) is 7.77. The second-order valence-corrected chi connectivity index (χ2v) is 8.95. The molecule has 1 aliphatic rings. The number of rotatable bonds is 7. The van der Waals surface area contributed by atoms with Crippen molar-refractivity contribution in [3.8, 4) is 0 Å². The molecule has 174 valence electrons. The topological polar surface area (TPSA) is 72.2 Å². The highest BCUT2D eigenvalue weighted by Crippen LogP contribution is 2.26. The van der Waals surface area contributed by atoms with E-state index in [4.69, 9.17) is 5.10 Å². The largest absolute Gasteiger partial charge is 0.346 e. The molecule has 1 saturated heterocycles. The molecule has 0 spiro atoms. The van der Waals surface area contributed by atoms with Gasteiger partial charge in [-0.15, -0.1) is 0 Å². The predicted octanol–water partition coefficient (Wildman–Crippen LogP) is 3.55. The lowest BCUT2D eigenvalue weighted by atomic mass is 9.96. The molecule has 4 rings (SSSR count). The first-order valence-corrected chi connectivity index (χ1v) is 11.8. The van der Waals surface area contributed by atoms with Gasteiger partial charge >= 0.3 is 5.69 Å². The van der Waals surface area contributed by atoms with Gasteiger partial charge in [0.2, 0.25) is 5.91 Å². The number of nitrogens with one attached hydrogen (secondary N) is 1. The number of carbonyl (C=O) groups excluding carboxylic acids is 1. The summed E-state index contributed by atoms with van der Waals surface area (Å²) in [4.78, 5) is 27.7. The van der Waals surface area contributed by atoms with Gasteiger partial charge in [0, 0.05) is 18.2 Å². The predicted molar refractivity (Wildman–Crippen MR) is 131 cm³/mol. The molecule has 7 heteroatoms. The van der Waals surface area contributed by atoms with Crippen LogP contribution in [0.3, 0.4) is 0 Å². The van der Waals surface area contributed by atoms with E-state index in [0.717, 1.165) is 48.6 Å². The number of hydrogen-bond donors (Lipinski definition) is 1. The van der Waals surface area contributed by atoms with Crippen molar-refractivity contribution in [3.05, 3.63) is 81.5 Å². The molecule has 7 nitrogen and oxygen atoms in total.